The number of fused-ring (bicyclic) bond motifs is 2. The van der Waals surface area contributed by atoms with Crippen molar-refractivity contribution >= 4 is 22.8 Å². The van der Waals surface area contributed by atoms with Crippen LogP contribution in [0.1, 0.15) is 29.2 Å². The lowest BCUT2D eigenvalue weighted by Gasteiger charge is -2.31. The Morgan fingerprint density at radius 1 is 1.32 bits per heavy atom. The number of primary amides is 1. The van der Waals surface area contributed by atoms with Crippen molar-refractivity contribution < 1.29 is 4.79 Å². The van der Waals surface area contributed by atoms with Gasteiger partial charge in [0.15, 0.2) is 0 Å². The highest BCUT2D eigenvalue weighted by Crippen LogP contribution is 2.31. The predicted molar refractivity (Wildman–Crippen MR) is 97.4 cm³/mol. The van der Waals surface area contributed by atoms with Gasteiger partial charge in [-0.15, -0.1) is 0 Å². The fourth-order valence-corrected chi connectivity index (χ4v) is 3.75. The number of hydrogen-bond donors (Lipinski definition) is 2. The van der Waals surface area contributed by atoms with Gasteiger partial charge in [0.05, 0.1) is 11.8 Å². The van der Waals surface area contributed by atoms with Crippen molar-refractivity contribution in [3.05, 3.63) is 53.0 Å². The van der Waals surface area contributed by atoms with E-state index in [4.69, 9.17) is 5.73 Å². The summed E-state index contributed by atoms with van der Waals surface area (Å²) >= 11 is 0. The zero-order chi connectivity index (χ0) is 17.4. The standard InChI is InChI=1S/C19H21N5O/c1-2-12-9-21-18-17(12)19(23-11-22-18)24-7-6-15-13(8-16(20)25)4-3-5-14(15)10-24/h3-5,9,11H,2,6-8,10H2,1H3,(H2,20,25)(H,21,22,23). The predicted octanol–water partition coefficient (Wildman–Crippen LogP) is 2.11. The van der Waals surface area contributed by atoms with Crippen LogP contribution in [0.15, 0.2) is 30.7 Å². The van der Waals surface area contributed by atoms with E-state index in [0.29, 0.717) is 6.42 Å². The Morgan fingerprint density at radius 3 is 3.00 bits per heavy atom. The second-order valence-corrected chi connectivity index (χ2v) is 6.46. The molecule has 0 bridgehead atoms. The lowest BCUT2D eigenvalue weighted by molar-refractivity contribution is -0.117. The van der Waals surface area contributed by atoms with E-state index in [-0.39, 0.29) is 5.91 Å². The van der Waals surface area contributed by atoms with Crippen LogP contribution in [0.2, 0.25) is 0 Å². The van der Waals surface area contributed by atoms with Gasteiger partial charge in [-0.3, -0.25) is 4.79 Å². The third-order valence-electron chi connectivity index (χ3n) is 4.94. The number of nitrogens with two attached hydrogens (primary N) is 1. The van der Waals surface area contributed by atoms with Crippen LogP contribution < -0.4 is 10.6 Å². The minimum Gasteiger partial charge on any atom is -0.369 e. The highest BCUT2D eigenvalue weighted by Gasteiger charge is 2.23. The maximum Gasteiger partial charge on any atom is 0.221 e. The molecule has 4 rings (SSSR count). The monoisotopic (exact) mass is 335 g/mol. The molecule has 0 radical (unpaired) electrons. The smallest absolute Gasteiger partial charge is 0.221 e. The quantitative estimate of drug-likeness (QED) is 0.764. The summed E-state index contributed by atoms with van der Waals surface area (Å²) in [4.78, 5) is 25.8. The van der Waals surface area contributed by atoms with Crippen molar-refractivity contribution in [2.75, 3.05) is 11.4 Å². The van der Waals surface area contributed by atoms with Crippen molar-refractivity contribution in [3.63, 3.8) is 0 Å². The topological polar surface area (TPSA) is 87.9 Å². The first-order chi connectivity index (χ1) is 12.2. The summed E-state index contributed by atoms with van der Waals surface area (Å²) in [6.07, 6.45) is 5.76. The summed E-state index contributed by atoms with van der Waals surface area (Å²) in [7, 11) is 0. The number of nitrogens with one attached hydrogen (secondary N) is 1. The second-order valence-electron chi connectivity index (χ2n) is 6.46. The Bertz CT molecular complexity index is 946. The molecule has 0 saturated carbocycles. The number of aromatic nitrogens is 3. The number of H-pyrrole nitrogens is 1. The summed E-state index contributed by atoms with van der Waals surface area (Å²) in [5.74, 6) is 0.697. The lowest BCUT2D eigenvalue weighted by atomic mass is 9.92. The van der Waals surface area contributed by atoms with Crippen molar-refractivity contribution in [2.45, 2.75) is 32.7 Å². The number of aryl methyl sites for hydroxylation is 1. The summed E-state index contributed by atoms with van der Waals surface area (Å²) in [5.41, 5.74) is 11.1. The first-order valence-electron chi connectivity index (χ1n) is 8.61. The molecule has 0 saturated heterocycles. The zero-order valence-electron chi connectivity index (χ0n) is 14.2. The number of rotatable bonds is 4. The van der Waals surface area contributed by atoms with Crippen LogP contribution in [0.3, 0.4) is 0 Å². The lowest BCUT2D eigenvalue weighted by Crippen LogP contribution is -2.32. The number of carbonyl (C=O) groups is 1. The molecular weight excluding hydrogens is 314 g/mol. The Hall–Kier alpha value is -2.89. The van der Waals surface area contributed by atoms with Crippen LogP contribution in [0.25, 0.3) is 11.0 Å². The van der Waals surface area contributed by atoms with E-state index in [2.05, 4.69) is 32.8 Å². The molecule has 1 aliphatic heterocycles. The van der Waals surface area contributed by atoms with E-state index in [1.165, 1.54) is 16.7 Å². The minimum absolute atomic E-state index is 0.284. The normalized spacial score (nSPS) is 13.9. The van der Waals surface area contributed by atoms with Gasteiger partial charge < -0.3 is 15.6 Å². The van der Waals surface area contributed by atoms with Gasteiger partial charge in [0.1, 0.15) is 17.8 Å². The number of hydrogen-bond acceptors (Lipinski definition) is 4. The molecule has 0 fully saturated rings. The number of benzene rings is 1. The largest absolute Gasteiger partial charge is 0.369 e. The van der Waals surface area contributed by atoms with E-state index in [0.717, 1.165) is 48.3 Å². The van der Waals surface area contributed by atoms with Crippen molar-refractivity contribution in [3.8, 4) is 0 Å². The second kappa shape index (κ2) is 6.20. The van der Waals surface area contributed by atoms with Crippen molar-refractivity contribution in [2.24, 2.45) is 5.73 Å². The molecule has 1 amide bonds. The van der Waals surface area contributed by atoms with Crippen LogP contribution >= 0.6 is 0 Å². The average molecular weight is 335 g/mol. The van der Waals surface area contributed by atoms with E-state index >= 15 is 0 Å². The van der Waals surface area contributed by atoms with E-state index < -0.39 is 0 Å². The average Bonchev–Trinajstić information content (AvgIpc) is 3.04. The van der Waals surface area contributed by atoms with Crippen LogP contribution in [0, 0.1) is 0 Å². The molecule has 6 nitrogen and oxygen atoms in total. The number of anilines is 1. The number of aromatic amines is 1. The summed E-state index contributed by atoms with van der Waals surface area (Å²) in [6, 6.07) is 6.13. The molecule has 0 unspecified atom stereocenters. The van der Waals surface area contributed by atoms with E-state index in [9.17, 15) is 4.79 Å². The van der Waals surface area contributed by atoms with Gasteiger partial charge in [-0.2, -0.15) is 0 Å². The number of amides is 1. The fourth-order valence-electron chi connectivity index (χ4n) is 3.75. The molecule has 3 N–H and O–H groups in total. The molecule has 1 aliphatic rings. The molecule has 0 spiro atoms. The van der Waals surface area contributed by atoms with Crippen molar-refractivity contribution in [1.82, 2.24) is 15.0 Å². The van der Waals surface area contributed by atoms with E-state index in [1.807, 2.05) is 18.3 Å². The zero-order valence-corrected chi connectivity index (χ0v) is 14.2. The molecule has 25 heavy (non-hydrogen) atoms. The van der Waals surface area contributed by atoms with Crippen LogP contribution in [0.5, 0.6) is 0 Å². The Morgan fingerprint density at radius 2 is 2.20 bits per heavy atom. The molecule has 1 aromatic carbocycles. The van der Waals surface area contributed by atoms with Crippen molar-refractivity contribution in [1.29, 1.82) is 0 Å². The molecule has 6 heteroatoms. The summed E-state index contributed by atoms with van der Waals surface area (Å²) < 4.78 is 0. The number of nitrogens with zero attached hydrogens (tertiary/aromatic N) is 3. The Kier molecular flexibility index (Phi) is 3.87. The Balaban J connectivity index is 1.72. The Labute approximate surface area is 146 Å². The maximum atomic E-state index is 11.3. The van der Waals surface area contributed by atoms with Gasteiger partial charge in [-0.25, -0.2) is 9.97 Å². The van der Waals surface area contributed by atoms with Gasteiger partial charge in [-0.1, -0.05) is 25.1 Å². The highest BCUT2D eigenvalue weighted by atomic mass is 16.1. The highest BCUT2D eigenvalue weighted by molar-refractivity contribution is 5.91. The van der Waals surface area contributed by atoms with Crippen LogP contribution in [0.4, 0.5) is 5.82 Å². The third-order valence-corrected chi connectivity index (χ3v) is 4.94. The summed E-state index contributed by atoms with van der Waals surface area (Å²) in [5, 5.41) is 1.11. The fraction of sp³-hybridized carbons (Fsp3) is 0.316. The van der Waals surface area contributed by atoms with Gasteiger partial charge in [0.25, 0.3) is 0 Å². The molecular formula is C19H21N5O. The SMILES string of the molecule is CCc1c[nH]c2ncnc(N3CCc4c(CC(N)=O)cccc4C3)c12. The van der Waals surface area contributed by atoms with Gasteiger partial charge in [0.2, 0.25) is 5.91 Å². The molecule has 3 aromatic rings. The van der Waals surface area contributed by atoms with Gasteiger partial charge in [-0.05, 0) is 35.1 Å². The third kappa shape index (κ3) is 2.73. The maximum absolute atomic E-state index is 11.3. The molecule has 3 heterocycles. The molecule has 0 atom stereocenters. The molecule has 2 aromatic heterocycles. The molecule has 128 valence electrons. The first-order valence-corrected chi connectivity index (χ1v) is 8.61. The van der Waals surface area contributed by atoms with Gasteiger partial charge >= 0.3 is 0 Å². The first kappa shape index (κ1) is 15.6. The summed E-state index contributed by atoms with van der Waals surface area (Å²) in [6.45, 7) is 3.78. The minimum atomic E-state index is -0.284. The van der Waals surface area contributed by atoms with Crippen LogP contribution in [-0.2, 0) is 30.6 Å². The van der Waals surface area contributed by atoms with Gasteiger partial charge in [0, 0.05) is 19.3 Å². The number of carbonyl (C=O) groups excluding carboxylic acids is 1. The molecule has 0 aliphatic carbocycles. The van der Waals surface area contributed by atoms with E-state index in [1.54, 1.807) is 6.33 Å². The van der Waals surface area contributed by atoms with Crippen LogP contribution in [-0.4, -0.2) is 27.4 Å².